The van der Waals surface area contributed by atoms with Gasteiger partial charge in [0.05, 0.1) is 11.1 Å². The Kier molecular flexibility index (Phi) is 5.51. The van der Waals surface area contributed by atoms with E-state index in [0.29, 0.717) is 18.7 Å². The van der Waals surface area contributed by atoms with Gasteiger partial charge in [0.25, 0.3) is 0 Å². The molecule has 2 aliphatic rings. The Balaban J connectivity index is 1.50. The van der Waals surface area contributed by atoms with E-state index in [9.17, 15) is 24.6 Å². The number of ketones is 3. The Hall–Kier alpha value is -4.33. The van der Waals surface area contributed by atoms with Gasteiger partial charge in [0.2, 0.25) is 0 Å². The number of allylic oxidation sites excluding steroid dienone is 4. The minimum absolute atomic E-state index is 0.0195. The molecule has 8 heteroatoms. The van der Waals surface area contributed by atoms with Crippen molar-refractivity contribution in [2.24, 2.45) is 0 Å². The van der Waals surface area contributed by atoms with E-state index in [1.165, 1.54) is 19.9 Å². The van der Waals surface area contributed by atoms with Gasteiger partial charge in [-0.2, -0.15) is 0 Å². The van der Waals surface area contributed by atoms with E-state index in [-0.39, 0.29) is 39.5 Å². The number of phenols is 2. The van der Waals surface area contributed by atoms with Gasteiger partial charge in [-0.1, -0.05) is 11.6 Å². The number of aromatic nitrogens is 1. The molecule has 190 valence electrons. The first-order valence-corrected chi connectivity index (χ1v) is 12.1. The summed E-state index contributed by atoms with van der Waals surface area (Å²) in [5.74, 6) is -2.38. The molecule has 1 aromatic heterocycles. The molecule has 0 spiro atoms. The summed E-state index contributed by atoms with van der Waals surface area (Å²) in [6, 6.07) is 6.20. The molecular formula is C29H28N2O6. The van der Waals surface area contributed by atoms with E-state index in [1.54, 1.807) is 13.8 Å². The van der Waals surface area contributed by atoms with E-state index in [0.717, 1.165) is 22.0 Å². The van der Waals surface area contributed by atoms with Crippen LogP contribution in [0.2, 0.25) is 0 Å². The topological polar surface area (TPSA) is 129 Å². The van der Waals surface area contributed by atoms with Crippen molar-refractivity contribution in [3.8, 4) is 17.2 Å². The standard InChI is InChI=1S/C29H28N2O6/c1-13-6-7-19-18(10-13)17(12-31-19)8-9-30-15(3)22-20(33)11-21-29(5,28(22)36)24-26(35)14(2)25(34)23(16(4)32)27(24)37-21/h6-7,10-12,30-31,34-35H,8-9H2,1-5H3/t29-/m0/s1. The van der Waals surface area contributed by atoms with Gasteiger partial charge in [-0.05, 0) is 58.7 Å². The molecule has 37 heavy (non-hydrogen) atoms. The van der Waals surface area contributed by atoms with Crippen LogP contribution >= 0.6 is 0 Å². The summed E-state index contributed by atoms with van der Waals surface area (Å²) >= 11 is 0. The fraction of sp³-hybridized carbons (Fsp3) is 0.276. The first-order chi connectivity index (χ1) is 17.5. The Morgan fingerprint density at radius 1 is 1.14 bits per heavy atom. The summed E-state index contributed by atoms with van der Waals surface area (Å²) in [7, 11) is 0. The van der Waals surface area contributed by atoms with Crippen molar-refractivity contribution in [3.05, 3.63) is 75.3 Å². The third kappa shape index (κ3) is 3.47. The molecule has 2 heterocycles. The number of hydrogen-bond acceptors (Lipinski definition) is 7. The maximum Gasteiger partial charge on any atom is 0.194 e. The van der Waals surface area contributed by atoms with Crippen molar-refractivity contribution in [2.75, 3.05) is 6.54 Å². The molecule has 2 aromatic carbocycles. The fourth-order valence-corrected chi connectivity index (χ4v) is 5.33. The quantitative estimate of drug-likeness (QED) is 0.235. The molecule has 1 atom stereocenters. The maximum atomic E-state index is 13.9. The first kappa shape index (κ1) is 24.4. The van der Waals surface area contributed by atoms with Crippen LogP contribution in [0.3, 0.4) is 0 Å². The van der Waals surface area contributed by atoms with E-state index < -0.39 is 28.5 Å². The highest BCUT2D eigenvalue weighted by Crippen LogP contribution is 2.57. The second-order valence-electron chi connectivity index (χ2n) is 9.93. The Morgan fingerprint density at radius 2 is 1.86 bits per heavy atom. The lowest BCUT2D eigenvalue weighted by Crippen LogP contribution is -2.41. The third-order valence-electron chi connectivity index (χ3n) is 7.47. The number of ether oxygens (including phenoxy) is 1. The van der Waals surface area contributed by atoms with Gasteiger partial charge in [0, 0.05) is 41.0 Å². The normalized spacial score (nSPS) is 19.9. The van der Waals surface area contributed by atoms with Gasteiger partial charge >= 0.3 is 0 Å². The van der Waals surface area contributed by atoms with Gasteiger partial charge < -0.3 is 25.3 Å². The second kappa shape index (κ2) is 8.37. The van der Waals surface area contributed by atoms with Gasteiger partial charge in [0.1, 0.15) is 34.0 Å². The summed E-state index contributed by atoms with van der Waals surface area (Å²) in [5, 5.41) is 25.8. The number of H-pyrrole nitrogens is 1. The number of Topliss-reactive ketones (excluding diaryl/α,β-unsaturated/α-hetero) is 2. The zero-order valence-electron chi connectivity index (χ0n) is 21.3. The number of aryl methyl sites for hydroxylation is 1. The number of rotatable bonds is 5. The van der Waals surface area contributed by atoms with E-state index in [1.807, 2.05) is 25.3 Å². The number of aromatic amines is 1. The van der Waals surface area contributed by atoms with Gasteiger partial charge in [-0.3, -0.25) is 14.4 Å². The molecule has 8 nitrogen and oxygen atoms in total. The van der Waals surface area contributed by atoms with Crippen LogP contribution < -0.4 is 10.1 Å². The van der Waals surface area contributed by atoms with Crippen molar-refractivity contribution in [1.29, 1.82) is 0 Å². The molecule has 0 unspecified atom stereocenters. The predicted octanol–water partition coefficient (Wildman–Crippen LogP) is 4.19. The van der Waals surface area contributed by atoms with Crippen LogP contribution in [0.4, 0.5) is 0 Å². The number of fused-ring (bicyclic) bond motifs is 4. The monoisotopic (exact) mass is 500 g/mol. The van der Waals surface area contributed by atoms with Crippen LogP contribution in [0.15, 0.2) is 47.5 Å². The van der Waals surface area contributed by atoms with Crippen molar-refractivity contribution in [1.82, 2.24) is 10.3 Å². The summed E-state index contributed by atoms with van der Waals surface area (Å²) in [5.41, 5.74) is 2.20. The molecule has 4 N–H and O–H groups in total. The SMILES string of the molecule is CC(=O)c1c(O)c(C)c(O)c2c1OC1=CC(=O)C(=C(C)NCCc3c[nH]c4ccc(C)cc34)C(=O)[C@@]12C. The van der Waals surface area contributed by atoms with Crippen molar-refractivity contribution in [2.45, 2.75) is 46.5 Å². The maximum absolute atomic E-state index is 13.9. The van der Waals surface area contributed by atoms with E-state index >= 15 is 0 Å². The predicted molar refractivity (Wildman–Crippen MR) is 138 cm³/mol. The van der Waals surface area contributed by atoms with E-state index in [2.05, 4.69) is 16.4 Å². The largest absolute Gasteiger partial charge is 0.507 e. The zero-order valence-corrected chi connectivity index (χ0v) is 21.3. The summed E-state index contributed by atoms with van der Waals surface area (Å²) in [6.45, 7) is 8.47. The highest BCUT2D eigenvalue weighted by molar-refractivity contribution is 6.31. The molecule has 5 rings (SSSR count). The molecule has 0 saturated carbocycles. The summed E-state index contributed by atoms with van der Waals surface area (Å²) in [4.78, 5) is 42.5. The third-order valence-corrected chi connectivity index (χ3v) is 7.47. The minimum Gasteiger partial charge on any atom is -0.507 e. The molecule has 3 aromatic rings. The summed E-state index contributed by atoms with van der Waals surface area (Å²) < 4.78 is 5.80. The van der Waals surface area contributed by atoms with Gasteiger partial charge in [-0.25, -0.2) is 0 Å². The molecule has 0 fully saturated rings. The van der Waals surface area contributed by atoms with Crippen LogP contribution in [0, 0.1) is 13.8 Å². The number of aromatic hydroxyl groups is 2. The van der Waals surface area contributed by atoms with E-state index in [4.69, 9.17) is 4.74 Å². The van der Waals surface area contributed by atoms with Gasteiger partial charge in [0.15, 0.2) is 17.3 Å². The Morgan fingerprint density at radius 3 is 2.57 bits per heavy atom. The van der Waals surface area contributed by atoms with Gasteiger partial charge in [-0.15, -0.1) is 0 Å². The Labute approximate surface area is 213 Å². The molecule has 0 saturated heterocycles. The lowest BCUT2D eigenvalue weighted by molar-refractivity contribution is -0.123. The molecule has 1 aliphatic carbocycles. The van der Waals surface area contributed by atoms with Crippen LogP contribution in [-0.4, -0.2) is 39.1 Å². The molecule has 1 aliphatic heterocycles. The fourth-order valence-electron chi connectivity index (χ4n) is 5.33. The second-order valence-corrected chi connectivity index (χ2v) is 9.93. The first-order valence-electron chi connectivity index (χ1n) is 12.1. The number of benzene rings is 2. The van der Waals surface area contributed by atoms with Crippen molar-refractivity contribution >= 4 is 28.3 Å². The van der Waals surface area contributed by atoms with Crippen LogP contribution in [0.25, 0.3) is 10.9 Å². The lowest BCUT2D eigenvalue weighted by Gasteiger charge is -2.29. The number of phenolic OH excluding ortho intramolecular Hbond substituents is 2. The molecule has 0 amide bonds. The average molecular weight is 501 g/mol. The molecule has 0 radical (unpaired) electrons. The summed E-state index contributed by atoms with van der Waals surface area (Å²) in [6.07, 6.45) is 3.85. The van der Waals surface area contributed by atoms with Crippen molar-refractivity contribution in [3.63, 3.8) is 0 Å². The molecule has 0 bridgehead atoms. The zero-order chi connectivity index (χ0) is 26.8. The minimum atomic E-state index is -1.53. The number of carbonyl (C=O) groups excluding carboxylic acids is 3. The highest BCUT2D eigenvalue weighted by atomic mass is 16.5. The lowest BCUT2D eigenvalue weighted by atomic mass is 9.70. The van der Waals surface area contributed by atoms with Crippen LogP contribution in [-0.2, 0) is 21.4 Å². The smallest absolute Gasteiger partial charge is 0.194 e. The van der Waals surface area contributed by atoms with Crippen LogP contribution in [0.5, 0.6) is 17.2 Å². The van der Waals surface area contributed by atoms with Crippen molar-refractivity contribution < 1.29 is 29.3 Å². The Bertz CT molecular complexity index is 1610. The highest BCUT2D eigenvalue weighted by Gasteiger charge is 2.56. The number of nitrogens with one attached hydrogen (secondary N) is 2. The van der Waals surface area contributed by atoms with Crippen LogP contribution in [0.1, 0.15) is 53.4 Å². The number of hydrogen-bond donors (Lipinski definition) is 4. The molecular weight excluding hydrogens is 472 g/mol. The number of carbonyl (C=O) groups is 3. The average Bonchev–Trinajstić information content (AvgIpc) is 3.36.